The van der Waals surface area contributed by atoms with E-state index >= 15 is 0 Å². The van der Waals surface area contributed by atoms with Crippen molar-refractivity contribution in [1.82, 2.24) is 0 Å². The van der Waals surface area contributed by atoms with E-state index in [1.54, 1.807) is 0 Å². The van der Waals surface area contributed by atoms with Gasteiger partial charge in [-0.3, -0.25) is 0 Å². The number of hydrogen-bond acceptors (Lipinski definition) is 0. The van der Waals surface area contributed by atoms with E-state index in [0.717, 1.165) is 17.7 Å². The third kappa shape index (κ3) is 6.37. The van der Waals surface area contributed by atoms with Gasteiger partial charge in [0.2, 0.25) is 0 Å². The number of halogens is 1. The molecule has 0 nitrogen and oxygen atoms in total. The van der Waals surface area contributed by atoms with Gasteiger partial charge in [-0.15, -0.1) is 11.6 Å². The summed E-state index contributed by atoms with van der Waals surface area (Å²) in [6.07, 6.45) is 8.03. The van der Waals surface area contributed by atoms with E-state index in [9.17, 15) is 0 Å². The van der Waals surface area contributed by atoms with E-state index in [0.29, 0.717) is 0 Å². The van der Waals surface area contributed by atoms with Crippen LogP contribution in [0.3, 0.4) is 0 Å². The Morgan fingerprint density at radius 2 is 1.62 bits per heavy atom. The lowest BCUT2D eigenvalue weighted by molar-refractivity contribution is 0.349. The fraction of sp³-hybridized carbons (Fsp3) is 1.00. The molecule has 2 atom stereocenters. The maximum Gasteiger partial charge on any atom is 0.0251 e. The van der Waals surface area contributed by atoms with E-state index in [1.807, 2.05) is 0 Å². The molecule has 0 aromatic rings. The van der Waals surface area contributed by atoms with Gasteiger partial charge in [0.1, 0.15) is 0 Å². The summed E-state index contributed by atoms with van der Waals surface area (Å²) in [5, 5.41) is 0. The molecular weight excluding hydrogens is 180 g/mol. The smallest absolute Gasteiger partial charge is 0.0251 e. The van der Waals surface area contributed by atoms with Crippen molar-refractivity contribution in [1.29, 1.82) is 0 Å². The van der Waals surface area contributed by atoms with Crippen LogP contribution in [-0.4, -0.2) is 5.88 Å². The third-order valence-electron chi connectivity index (χ3n) is 3.01. The minimum absolute atomic E-state index is 0.753. The first-order chi connectivity index (χ1) is 6.28. The third-order valence-corrected chi connectivity index (χ3v) is 3.44. The zero-order chi connectivity index (χ0) is 10.1. The number of alkyl halides is 1. The van der Waals surface area contributed by atoms with E-state index < -0.39 is 0 Å². The highest BCUT2D eigenvalue weighted by Gasteiger charge is 2.12. The molecule has 0 heterocycles. The fourth-order valence-corrected chi connectivity index (χ4v) is 2.14. The van der Waals surface area contributed by atoms with E-state index in [4.69, 9.17) is 11.6 Å². The zero-order valence-corrected chi connectivity index (χ0v) is 10.2. The predicted molar refractivity (Wildman–Crippen MR) is 62.4 cm³/mol. The van der Waals surface area contributed by atoms with Crippen molar-refractivity contribution in [3.05, 3.63) is 0 Å². The summed E-state index contributed by atoms with van der Waals surface area (Å²) in [5.74, 6) is 2.52. The quantitative estimate of drug-likeness (QED) is 0.496. The highest BCUT2D eigenvalue weighted by Crippen LogP contribution is 2.24. The van der Waals surface area contributed by atoms with Crippen LogP contribution in [0.15, 0.2) is 0 Å². The molecule has 0 N–H and O–H groups in total. The first-order valence-corrected chi connectivity index (χ1v) is 6.37. The topological polar surface area (TPSA) is 0 Å². The Balaban J connectivity index is 3.67. The van der Waals surface area contributed by atoms with Crippen LogP contribution < -0.4 is 0 Å². The number of hydrogen-bond donors (Lipinski definition) is 0. The summed E-state index contributed by atoms with van der Waals surface area (Å²) in [6.45, 7) is 6.83. The molecule has 0 spiro atoms. The van der Waals surface area contributed by atoms with Crippen LogP contribution in [0.25, 0.3) is 0 Å². The molecule has 0 amide bonds. The van der Waals surface area contributed by atoms with Gasteiger partial charge in [0, 0.05) is 5.88 Å². The first kappa shape index (κ1) is 13.3. The molecule has 13 heavy (non-hydrogen) atoms. The molecule has 2 unspecified atom stereocenters. The molecule has 0 aliphatic heterocycles. The van der Waals surface area contributed by atoms with Gasteiger partial charge >= 0.3 is 0 Å². The molecular formula is C12H25Cl. The van der Waals surface area contributed by atoms with E-state index in [-0.39, 0.29) is 0 Å². The van der Waals surface area contributed by atoms with Crippen molar-refractivity contribution < 1.29 is 0 Å². The molecule has 0 saturated carbocycles. The largest absolute Gasteiger partial charge is 0.126 e. The molecule has 1 heteroatoms. The van der Waals surface area contributed by atoms with Gasteiger partial charge in [0.25, 0.3) is 0 Å². The van der Waals surface area contributed by atoms with Gasteiger partial charge < -0.3 is 0 Å². The highest BCUT2D eigenvalue weighted by atomic mass is 35.5. The maximum atomic E-state index is 5.90. The minimum Gasteiger partial charge on any atom is -0.126 e. The molecule has 80 valence electrons. The minimum atomic E-state index is 0.753. The molecule has 0 fully saturated rings. The zero-order valence-electron chi connectivity index (χ0n) is 9.48. The second-order valence-electron chi connectivity index (χ2n) is 4.08. The van der Waals surface area contributed by atoms with Gasteiger partial charge in [-0.2, -0.15) is 0 Å². The summed E-state index contributed by atoms with van der Waals surface area (Å²) in [7, 11) is 0. The van der Waals surface area contributed by atoms with Gasteiger partial charge in [-0.25, -0.2) is 0 Å². The van der Waals surface area contributed by atoms with Crippen LogP contribution in [0.2, 0.25) is 0 Å². The molecule has 0 saturated heterocycles. The molecule has 0 aromatic carbocycles. The second kappa shape index (κ2) is 8.87. The predicted octanol–water partition coefficient (Wildman–Crippen LogP) is 4.86. The lowest BCUT2D eigenvalue weighted by Crippen LogP contribution is -2.09. The van der Waals surface area contributed by atoms with Crippen LogP contribution in [0.1, 0.15) is 59.3 Å². The monoisotopic (exact) mass is 204 g/mol. The lowest BCUT2D eigenvalue weighted by atomic mass is 9.88. The maximum absolute atomic E-state index is 5.90. The average Bonchev–Trinajstić information content (AvgIpc) is 2.19. The van der Waals surface area contributed by atoms with Crippen molar-refractivity contribution in [2.45, 2.75) is 59.3 Å². The van der Waals surface area contributed by atoms with Crippen molar-refractivity contribution in [3.8, 4) is 0 Å². The Morgan fingerprint density at radius 3 is 2.00 bits per heavy atom. The summed E-state index contributed by atoms with van der Waals surface area (Å²) in [4.78, 5) is 0. The first-order valence-electron chi connectivity index (χ1n) is 5.84. The summed E-state index contributed by atoms with van der Waals surface area (Å²) < 4.78 is 0. The van der Waals surface area contributed by atoms with Gasteiger partial charge in [0.15, 0.2) is 0 Å². The molecule has 0 aromatic heterocycles. The summed E-state index contributed by atoms with van der Waals surface area (Å²) >= 11 is 5.90. The SMILES string of the molecule is CCCCC(CC)CC(CC)CCl. The average molecular weight is 205 g/mol. The van der Waals surface area contributed by atoms with Crippen LogP contribution >= 0.6 is 11.6 Å². The van der Waals surface area contributed by atoms with Crippen LogP contribution in [0, 0.1) is 11.8 Å². The Bertz CT molecular complexity index is 97.3. The van der Waals surface area contributed by atoms with Crippen LogP contribution in [0.4, 0.5) is 0 Å². The van der Waals surface area contributed by atoms with Crippen LogP contribution in [-0.2, 0) is 0 Å². The Labute approximate surface area is 89.1 Å². The van der Waals surface area contributed by atoms with Crippen molar-refractivity contribution in [3.63, 3.8) is 0 Å². The van der Waals surface area contributed by atoms with Gasteiger partial charge in [-0.1, -0.05) is 52.9 Å². The summed E-state index contributed by atoms with van der Waals surface area (Å²) in [5.41, 5.74) is 0. The van der Waals surface area contributed by atoms with Gasteiger partial charge in [-0.05, 0) is 18.3 Å². The molecule has 0 aliphatic rings. The van der Waals surface area contributed by atoms with Crippen molar-refractivity contribution in [2.24, 2.45) is 11.8 Å². The Morgan fingerprint density at radius 1 is 1.00 bits per heavy atom. The number of unbranched alkanes of at least 4 members (excludes halogenated alkanes) is 1. The highest BCUT2D eigenvalue weighted by molar-refractivity contribution is 6.18. The Hall–Kier alpha value is 0.290. The lowest BCUT2D eigenvalue weighted by Gasteiger charge is -2.19. The molecule has 0 radical (unpaired) electrons. The van der Waals surface area contributed by atoms with Crippen molar-refractivity contribution in [2.75, 3.05) is 5.88 Å². The molecule has 0 aliphatic carbocycles. The second-order valence-corrected chi connectivity index (χ2v) is 4.39. The molecule has 0 rings (SSSR count). The Kier molecular flexibility index (Phi) is 9.07. The van der Waals surface area contributed by atoms with Crippen molar-refractivity contribution >= 4 is 11.6 Å². The number of rotatable bonds is 8. The van der Waals surface area contributed by atoms with Gasteiger partial charge in [0.05, 0.1) is 0 Å². The normalized spacial score (nSPS) is 15.7. The molecule has 0 bridgehead atoms. The fourth-order valence-electron chi connectivity index (χ4n) is 1.79. The van der Waals surface area contributed by atoms with E-state index in [1.165, 1.54) is 38.5 Å². The summed E-state index contributed by atoms with van der Waals surface area (Å²) in [6, 6.07) is 0. The van der Waals surface area contributed by atoms with E-state index in [2.05, 4.69) is 20.8 Å². The van der Waals surface area contributed by atoms with Crippen LogP contribution in [0.5, 0.6) is 0 Å². The standard InChI is InChI=1S/C12H25Cl/c1-4-7-8-11(5-2)9-12(6-3)10-13/h11-12H,4-10H2,1-3H3.